The highest BCUT2D eigenvalue weighted by molar-refractivity contribution is 5.91. The SMILES string of the molecule is CC(C)CCNc1ncc2c(-c3ccc(CN4CCN(C)CC4)cc3)nn(C3CCC(O)CC3)c2n1. The molecule has 1 aliphatic heterocycles. The van der Waals surface area contributed by atoms with Gasteiger partial charge in [-0.2, -0.15) is 10.1 Å². The molecule has 8 nitrogen and oxygen atoms in total. The van der Waals surface area contributed by atoms with Gasteiger partial charge in [0.25, 0.3) is 0 Å². The largest absolute Gasteiger partial charge is 0.393 e. The Kier molecular flexibility index (Phi) is 7.84. The number of piperazine rings is 1. The lowest BCUT2D eigenvalue weighted by Crippen LogP contribution is -2.43. The lowest BCUT2D eigenvalue weighted by atomic mass is 9.93. The van der Waals surface area contributed by atoms with Gasteiger partial charge in [-0.1, -0.05) is 38.1 Å². The minimum absolute atomic E-state index is 0.196. The summed E-state index contributed by atoms with van der Waals surface area (Å²) in [5, 5.41) is 19.5. The molecule has 3 heterocycles. The van der Waals surface area contributed by atoms with Crippen LogP contribution in [-0.2, 0) is 6.54 Å². The van der Waals surface area contributed by atoms with Crippen molar-refractivity contribution in [2.24, 2.45) is 5.92 Å². The maximum atomic E-state index is 10.0. The quantitative estimate of drug-likeness (QED) is 0.489. The maximum Gasteiger partial charge on any atom is 0.224 e. The number of benzene rings is 1. The molecule has 0 bridgehead atoms. The molecule has 1 aromatic carbocycles. The summed E-state index contributed by atoms with van der Waals surface area (Å²) < 4.78 is 2.10. The van der Waals surface area contributed by atoms with Crippen LogP contribution < -0.4 is 5.32 Å². The van der Waals surface area contributed by atoms with Gasteiger partial charge in [-0.15, -0.1) is 0 Å². The molecule has 2 aromatic heterocycles. The highest BCUT2D eigenvalue weighted by Gasteiger charge is 2.25. The second-order valence-electron chi connectivity index (χ2n) is 11.1. The molecule has 2 fully saturated rings. The van der Waals surface area contributed by atoms with Gasteiger partial charge in [-0.3, -0.25) is 4.90 Å². The van der Waals surface area contributed by atoms with Crippen molar-refractivity contribution in [1.29, 1.82) is 0 Å². The lowest BCUT2D eigenvalue weighted by Gasteiger charge is -2.32. The Morgan fingerprint density at radius 1 is 1.03 bits per heavy atom. The van der Waals surface area contributed by atoms with Gasteiger partial charge in [-0.05, 0) is 50.6 Å². The van der Waals surface area contributed by atoms with Crippen molar-refractivity contribution >= 4 is 17.0 Å². The number of aliphatic hydroxyl groups excluding tert-OH is 1. The van der Waals surface area contributed by atoms with Crippen LogP contribution in [0, 0.1) is 5.92 Å². The summed E-state index contributed by atoms with van der Waals surface area (Å²) in [6.45, 7) is 10.8. The zero-order chi connectivity index (χ0) is 25.1. The molecule has 0 spiro atoms. The van der Waals surface area contributed by atoms with Gasteiger partial charge >= 0.3 is 0 Å². The fourth-order valence-corrected chi connectivity index (χ4v) is 5.28. The normalized spacial score (nSPS) is 21.9. The molecule has 0 radical (unpaired) electrons. The number of likely N-dealkylation sites (N-methyl/N-ethyl adjacent to an activating group) is 1. The number of hydrogen-bond donors (Lipinski definition) is 2. The van der Waals surface area contributed by atoms with Crippen molar-refractivity contribution in [3.63, 3.8) is 0 Å². The highest BCUT2D eigenvalue weighted by Crippen LogP contribution is 2.34. The minimum atomic E-state index is -0.196. The first-order valence-corrected chi connectivity index (χ1v) is 13.6. The van der Waals surface area contributed by atoms with Crippen LogP contribution in [0.15, 0.2) is 30.5 Å². The molecule has 1 saturated carbocycles. The average Bonchev–Trinajstić information content (AvgIpc) is 3.25. The standard InChI is InChI=1S/C28H41N7O/c1-20(2)12-13-29-28-30-18-25-26(32-35(27(25)31-28)23-8-10-24(36)11-9-23)22-6-4-21(5-7-22)19-34-16-14-33(3)15-17-34/h4-7,18,20,23-24,36H,8-17,19H2,1-3H3,(H,29,30,31). The Balaban J connectivity index is 1.40. The number of fused-ring (bicyclic) bond motifs is 1. The van der Waals surface area contributed by atoms with Gasteiger partial charge in [0.15, 0.2) is 5.65 Å². The van der Waals surface area contributed by atoms with Crippen LogP contribution in [0.3, 0.4) is 0 Å². The third kappa shape index (κ3) is 5.88. The zero-order valence-electron chi connectivity index (χ0n) is 22.0. The van der Waals surface area contributed by atoms with Crippen molar-refractivity contribution in [2.45, 2.75) is 64.6 Å². The molecule has 8 heteroatoms. The molecule has 2 N–H and O–H groups in total. The van der Waals surface area contributed by atoms with E-state index in [0.29, 0.717) is 11.9 Å². The van der Waals surface area contributed by atoms with E-state index in [9.17, 15) is 5.11 Å². The summed E-state index contributed by atoms with van der Waals surface area (Å²) in [6, 6.07) is 9.10. The summed E-state index contributed by atoms with van der Waals surface area (Å²) in [6.07, 6.45) is 6.27. The third-order valence-electron chi connectivity index (χ3n) is 7.69. The van der Waals surface area contributed by atoms with E-state index in [1.165, 1.54) is 5.56 Å². The van der Waals surface area contributed by atoms with E-state index < -0.39 is 0 Å². The zero-order valence-corrected chi connectivity index (χ0v) is 22.0. The maximum absolute atomic E-state index is 10.0. The Labute approximate surface area is 214 Å². The fraction of sp³-hybridized carbons (Fsp3) is 0.607. The summed E-state index contributed by atoms with van der Waals surface area (Å²) in [7, 11) is 2.19. The topological polar surface area (TPSA) is 82.3 Å². The number of aromatic nitrogens is 4. The smallest absolute Gasteiger partial charge is 0.224 e. The number of nitrogens with one attached hydrogen (secondary N) is 1. The van der Waals surface area contributed by atoms with Crippen molar-refractivity contribution in [2.75, 3.05) is 45.1 Å². The first kappa shape index (κ1) is 25.1. The second-order valence-corrected chi connectivity index (χ2v) is 11.1. The summed E-state index contributed by atoms with van der Waals surface area (Å²) in [5.41, 5.74) is 4.26. The molecule has 0 amide bonds. The van der Waals surface area contributed by atoms with E-state index in [0.717, 1.165) is 93.7 Å². The number of aliphatic hydroxyl groups is 1. The monoisotopic (exact) mass is 491 g/mol. The van der Waals surface area contributed by atoms with E-state index in [4.69, 9.17) is 10.1 Å². The van der Waals surface area contributed by atoms with Crippen molar-refractivity contribution in [1.82, 2.24) is 29.5 Å². The molecule has 1 saturated heterocycles. The molecule has 1 aliphatic carbocycles. The van der Waals surface area contributed by atoms with Crippen LogP contribution in [0.25, 0.3) is 22.3 Å². The van der Waals surface area contributed by atoms with Gasteiger partial charge in [0.1, 0.15) is 5.69 Å². The highest BCUT2D eigenvalue weighted by atomic mass is 16.3. The van der Waals surface area contributed by atoms with E-state index in [1.807, 2.05) is 6.20 Å². The second kappa shape index (κ2) is 11.2. The van der Waals surface area contributed by atoms with Crippen molar-refractivity contribution in [3.8, 4) is 11.3 Å². The summed E-state index contributed by atoms with van der Waals surface area (Å²) in [4.78, 5) is 14.5. The van der Waals surface area contributed by atoms with Crippen molar-refractivity contribution in [3.05, 3.63) is 36.0 Å². The van der Waals surface area contributed by atoms with E-state index >= 15 is 0 Å². The Bertz CT molecular complexity index is 1130. The van der Waals surface area contributed by atoms with Crippen LogP contribution in [0.2, 0.25) is 0 Å². The number of nitrogens with zero attached hydrogens (tertiary/aromatic N) is 6. The van der Waals surface area contributed by atoms with Crippen LogP contribution in [0.4, 0.5) is 5.95 Å². The van der Waals surface area contributed by atoms with E-state index in [-0.39, 0.29) is 12.1 Å². The molecular weight excluding hydrogens is 450 g/mol. The van der Waals surface area contributed by atoms with Crippen molar-refractivity contribution < 1.29 is 5.11 Å². The molecule has 0 atom stereocenters. The molecule has 0 unspecified atom stereocenters. The molecule has 194 valence electrons. The van der Waals surface area contributed by atoms with Crippen LogP contribution in [0.5, 0.6) is 0 Å². The molecule has 5 rings (SSSR count). The molecular formula is C28H41N7O. The van der Waals surface area contributed by atoms with E-state index in [1.54, 1.807) is 0 Å². The average molecular weight is 492 g/mol. The predicted molar refractivity (Wildman–Crippen MR) is 145 cm³/mol. The third-order valence-corrected chi connectivity index (χ3v) is 7.69. The number of rotatable bonds is 8. The van der Waals surface area contributed by atoms with Crippen LogP contribution in [-0.4, -0.2) is 80.5 Å². The minimum Gasteiger partial charge on any atom is -0.393 e. The summed E-state index contributed by atoms with van der Waals surface area (Å²) >= 11 is 0. The first-order chi connectivity index (χ1) is 17.5. The first-order valence-electron chi connectivity index (χ1n) is 13.6. The fourth-order valence-electron chi connectivity index (χ4n) is 5.28. The van der Waals surface area contributed by atoms with E-state index in [2.05, 4.69) is 69.9 Å². The Hall–Kier alpha value is -2.55. The lowest BCUT2D eigenvalue weighted by molar-refractivity contribution is 0.109. The van der Waals surface area contributed by atoms with Crippen LogP contribution in [0.1, 0.15) is 57.6 Å². The molecule has 36 heavy (non-hydrogen) atoms. The summed E-state index contributed by atoms with van der Waals surface area (Å²) in [5.74, 6) is 1.29. The van der Waals surface area contributed by atoms with Gasteiger partial charge in [0.05, 0.1) is 17.5 Å². The predicted octanol–water partition coefficient (Wildman–Crippen LogP) is 4.17. The number of hydrogen-bond acceptors (Lipinski definition) is 7. The van der Waals surface area contributed by atoms with Gasteiger partial charge in [0.2, 0.25) is 5.95 Å². The molecule has 3 aromatic rings. The van der Waals surface area contributed by atoms with Gasteiger partial charge < -0.3 is 15.3 Å². The van der Waals surface area contributed by atoms with Gasteiger partial charge in [-0.25, -0.2) is 9.67 Å². The van der Waals surface area contributed by atoms with Crippen LogP contribution >= 0.6 is 0 Å². The number of anilines is 1. The molecule has 2 aliphatic rings. The Morgan fingerprint density at radius 3 is 2.44 bits per heavy atom. The Morgan fingerprint density at radius 2 is 1.75 bits per heavy atom. The van der Waals surface area contributed by atoms with Gasteiger partial charge in [0, 0.05) is 51.0 Å².